The van der Waals surface area contributed by atoms with Crippen molar-refractivity contribution in [3.8, 4) is 5.75 Å². The van der Waals surface area contributed by atoms with Gasteiger partial charge in [-0.15, -0.1) is 0 Å². The van der Waals surface area contributed by atoms with Crippen molar-refractivity contribution in [1.82, 2.24) is 0 Å². The molecule has 0 aliphatic carbocycles. The number of thioether (sulfide) groups is 1. The van der Waals surface area contributed by atoms with E-state index in [1.807, 2.05) is 13.8 Å². The molecule has 0 aromatic heterocycles. The van der Waals surface area contributed by atoms with Gasteiger partial charge in [0.1, 0.15) is 11.4 Å². The smallest absolute Gasteiger partial charge is 0.248 e. The summed E-state index contributed by atoms with van der Waals surface area (Å²) in [7, 11) is 0. The Morgan fingerprint density at radius 1 is 1.32 bits per heavy atom. The maximum atomic E-state index is 11.8. The first-order valence-electron chi connectivity index (χ1n) is 9.28. The SMILES string of the molecule is CCN=C(C=Nc1cc(C(N)=O)cc(OCCCSC)c1NCC)/C=C(/C)N. The van der Waals surface area contributed by atoms with Crippen LogP contribution >= 0.6 is 11.8 Å². The third-order valence-corrected chi connectivity index (χ3v) is 4.22. The topological polar surface area (TPSA) is 115 Å². The van der Waals surface area contributed by atoms with Gasteiger partial charge in [-0.3, -0.25) is 14.8 Å². The molecule has 0 fully saturated rings. The second kappa shape index (κ2) is 12.8. The third-order valence-electron chi connectivity index (χ3n) is 3.52. The van der Waals surface area contributed by atoms with Crippen molar-refractivity contribution in [1.29, 1.82) is 0 Å². The van der Waals surface area contributed by atoms with Crippen LogP contribution in [0.3, 0.4) is 0 Å². The van der Waals surface area contributed by atoms with Gasteiger partial charge in [-0.05, 0) is 57.4 Å². The Hall–Kier alpha value is -2.48. The Balaban J connectivity index is 3.34. The molecule has 0 radical (unpaired) electrons. The van der Waals surface area contributed by atoms with Gasteiger partial charge >= 0.3 is 0 Å². The summed E-state index contributed by atoms with van der Waals surface area (Å²) < 4.78 is 5.92. The lowest BCUT2D eigenvalue weighted by Gasteiger charge is -2.16. The molecule has 154 valence electrons. The number of allylic oxidation sites excluding steroid dienone is 2. The van der Waals surface area contributed by atoms with Gasteiger partial charge in [0.2, 0.25) is 5.91 Å². The lowest BCUT2D eigenvalue weighted by atomic mass is 10.1. The Morgan fingerprint density at radius 3 is 2.64 bits per heavy atom. The van der Waals surface area contributed by atoms with E-state index in [0.717, 1.165) is 17.9 Å². The predicted octanol–water partition coefficient (Wildman–Crippen LogP) is 3.37. The number of ether oxygens (including phenoxy) is 1. The minimum absolute atomic E-state index is 0.341. The number of carbonyl (C=O) groups excluding carboxylic acids is 1. The zero-order valence-electron chi connectivity index (χ0n) is 17.1. The van der Waals surface area contributed by atoms with Crippen molar-refractivity contribution in [3.63, 3.8) is 0 Å². The highest BCUT2D eigenvalue weighted by atomic mass is 32.2. The number of nitrogens with two attached hydrogens (primary N) is 2. The molecule has 0 heterocycles. The molecule has 1 aromatic rings. The summed E-state index contributed by atoms with van der Waals surface area (Å²) in [6, 6.07) is 3.30. The summed E-state index contributed by atoms with van der Waals surface area (Å²) in [5, 5.41) is 3.27. The van der Waals surface area contributed by atoms with Crippen molar-refractivity contribution in [2.24, 2.45) is 21.5 Å². The van der Waals surface area contributed by atoms with Crippen LogP contribution in [-0.2, 0) is 0 Å². The normalized spacial score (nSPS) is 12.4. The van der Waals surface area contributed by atoms with Crippen LogP contribution in [0.5, 0.6) is 5.75 Å². The van der Waals surface area contributed by atoms with Gasteiger partial charge in [-0.25, -0.2) is 0 Å². The van der Waals surface area contributed by atoms with Gasteiger partial charge in [0.25, 0.3) is 0 Å². The molecule has 0 saturated carbocycles. The lowest BCUT2D eigenvalue weighted by Crippen LogP contribution is -2.12. The van der Waals surface area contributed by atoms with Crippen LogP contribution in [0.4, 0.5) is 11.4 Å². The molecule has 1 rings (SSSR count). The zero-order chi connectivity index (χ0) is 20.9. The molecule has 0 spiro atoms. The second-order valence-electron chi connectivity index (χ2n) is 6.00. The van der Waals surface area contributed by atoms with E-state index in [1.54, 1.807) is 43.1 Å². The van der Waals surface area contributed by atoms with Gasteiger partial charge in [0.15, 0.2) is 0 Å². The molecular formula is C20H31N5O2S. The van der Waals surface area contributed by atoms with Crippen molar-refractivity contribution < 1.29 is 9.53 Å². The summed E-state index contributed by atoms with van der Waals surface area (Å²) in [5.74, 6) is 1.03. The van der Waals surface area contributed by atoms with E-state index in [2.05, 4.69) is 21.6 Å². The van der Waals surface area contributed by atoms with Crippen LogP contribution in [0.1, 0.15) is 37.6 Å². The van der Waals surface area contributed by atoms with E-state index in [-0.39, 0.29) is 0 Å². The van der Waals surface area contributed by atoms with Crippen LogP contribution in [0.2, 0.25) is 0 Å². The first kappa shape index (κ1) is 23.6. The molecule has 1 amide bonds. The standard InChI is InChI=1S/C20H31N5O2S/c1-5-23-16(10-14(3)21)13-25-17-11-15(20(22)26)12-18(19(17)24-6-2)27-8-7-9-28-4/h10-13,24H,5-9,21H2,1-4H3,(H2,22,26)/b14-10-,23-16?,25-13?. The minimum Gasteiger partial charge on any atom is -0.491 e. The summed E-state index contributed by atoms with van der Waals surface area (Å²) in [6.45, 7) is 7.54. The van der Waals surface area contributed by atoms with Crippen LogP contribution in [0, 0.1) is 0 Å². The maximum absolute atomic E-state index is 11.8. The summed E-state index contributed by atoms with van der Waals surface area (Å²) in [4.78, 5) is 20.7. The fourth-order valence-electron chi connectivity index (χ4n) is 2.37. The Kier molecular flexibility index (Phi) is 10.8. The average Bonchev–Trinajstić information content (AvgIpc) is 2.64. The molecule has 28 heavy (non-hydrogen) atoms. The molecule has 8 heteroatoms. The number of aliphatic imine (C=N–C) groups is 2. The van der Waals surface area contributed by atoms with Crippen LogP contribution in [-0.4, -0.2) is 49.5 Å². The van der Waals surface area contributed by atoms with E-state index < -0.39 is 5.91 Å². The van der Waals surface area contributed by atoms with Crippen molar-refractivity contribution in [2.75, 3.05) is 37.0 Å². The molecule has 0 unspecified atom stereocenters. The number of nitrogens with zero attached hydrogens (tertiary/aromatic N) is 2. The van der Waals surface area contributed by atoms with Crippen LogP contribution in [0.15, 0.2) is 33.9 Å². The van der Waals surface area contributed by atoms with E-state index in [9.17, 15) is 4.79 Å². The average molecular weight is 406 g/mol. The molecule has 0 atom stereocenters. The highest BCUT2D eigenvalue weighted by Gasteiger charge is 2.14. The van der Waals surface area contributed by atoms with Gasteiger partial charge in [0.05, 0.1) is 24.2 Å². The number of amides is 1. The number of anilines is 1. The monoisotopic (exact) mass is 405 g/mol. The summed E-state index contributed by atoms with van der Waals surface area (Å²) >= 11 is 1.76. The molecule has 1 aromatic carbocycles. The minimum atomic E-state index is -0.534. The first-order chi connectivity index (χ1) is 13.4. The second-order valence-corrected chi connectivity index (χ2v) is 6.99. The summed E-state index contributed by atoms with van der Waals surface area (Å²) in [6.07, 6.45) is 6.33. The number of rotatable bonds is 12. The van der Waals surface area contributed by atoms with Gasteiger partial charge < -0.3 is 21.5 Å². The zero-order valence-corrected chi connectivity index (χ0v) is 17.9. The molecule has 0 aliphatic heterocycles. The molecule has 5 N–H and O–H groups in total. The number of hydrogen-bond acceptors (Lipinski definition) is 7. The molecular weight excluding hydrogens is 374 g/mol. The number of hydrogen-bond donors (Lipinski definition) is 3. The van der Waals surface area contributed by atoms with E-state index in [4.69, 9.17) is 16.2 Å². The largest absolute Gasteiger partial charge is 0.491 e. The predicted molar refractivity (Wildman–Crippen MR) is 122 cm³/mol. The lowest BCUT2D eigenvalue weighted by molar-refractivity contribution is 0.1000. The van der Waals surface area contributed by atoms with Crippen molar-refractivity contribution in [3.05, 3.63) is 29.5 Å². The summed E-state index contributed by atoms with van der Waals surface area (Å²) in [5.41, 5.74) is 14.2. The van der Waals surface area contributed by atoms with Crippen LogP contribution in [0.25, 0.3) is 0 Å². The van der Waals surface area contributed by atoms with E-state index in [1.165, 1.54) is 0 Å². The maximum Gasteiger partial charge on any atom is 0.248 e. The Morgan fingerprint density at radius 2 is 2.07 bits per heavy atom. The number of benzene rings is 1. The molecule has 7 nitrogen and oxygen atoms in total. The number of primary amides is 1. The molecule has 0 saturated heterocycles. The van der Waals surface area contributed by atoms with E-state index >= 15 is 0 Å². The van der Waals surface area contributed by atoms with Crippen molar-refractivity contribution >= 4 is 41.0 Å². The van der Waals surface area contributed by atoms with Crippen LogP contribution < -0.4 is 21.5 Å². The van der Waals surface area contributed by atoms with Gasteiger partial charge in [-0.1, -0.05) is 0 Å². The highest BCUT2D eigenvalue weighted by molar-refractivity contribution is 7.98. The molecule has 0 bridgehead atoms. The quantitative estimate of drug-likeness (QED) is 0.364. The van der Waals surface area contributed by atoms with Gasteiger partial charge in [-0.2, -0.15) is 11.8 Å². The first-order valence-corrected chi connectivity index (χ1v) is 10.7. The Labute approximate surface area is 171 Å². The number of nitrogens with one attached hydrogen (secondary N) is 1. The highest BCUT2D eigenvalue weighted by Crippen LogP contribution is 2.36. The van der Waals surface area contributed by atoms with Gasteiger partial charge in [0, 0.05) is 24.4 Å². The fraction of sp³-hybridized carbons (Fsp3) is 0.450. The fourth-order valence-corrected chi connectivity index (χ4v) is 2.78. The van der Waals surface area contributed by atoms with E-state index in [0.29, 0.717) is 48.1 Å². The Bertz CT molecular complexity index is 740. The molecule has 0 aliphatic rings. The number of carbonyl (C=O) groups is 1. The van der Waals surface area contributed by atoms with Crippen molar-refractivity contribution in [2.45, 2.75) is 27.2 Å². The third kappa shape index (κ3) is 8.04.